The number of hydrogen-bond donors (Lipinski definition) is 0. The van der Waals surface area contributed by atoms with Gasteiger partial charge in [0.25, 0.3) is 0 Å². The smallest absolute Gasteiger partial charge is 0 e. The second kappa shape index (κ2) is 16.1. The predicted octanol–water partition coefficient (Wildman–Crippen LogP) is 8.17. The van der Waals surface area contributed by atoms with Crippen LogP contribution in [0.15, 0.2) is 0 Å². The molecule has 0 heterocycles. The zero-order valence-electron chi connectivity index (χ0n) is 21.1. The minimum atomic E-state index is 0. The Morgan fingerprint density at radius 2 is 0.893 bits per heavy atom. The first-order valence-electron chi connectivity index (χ1n) is 10.9. The molecule has 0 N–H and O–H groups in total. The van der Waals surface area contributed by atoms with Crippen molar-refractivity contribution in [3.63, 3.8) is 0 Å². The van der Waals surface area contributed by atoms with Gasteiger partial charge in [-0.2, -0.15) is 0 Å². The van der Waals surface area contributed by atoms with Gasteiger partial charge in [-0.1, -0.05) is 102 Å². The van der Waals surface area contributed by atoms with Crippen LogP contribution in [0.1, 0.15) is 109 Å². The third kappa shape index (κ3) is 24.4. The number of hydrogen-bond acceptors (Lipinski definition) is 0. The van der Waals surface area contributed by atoms with Gasteiger partial charge in [-0.25, -0.2) is 6.17 Å². The summed E-state index contributed by atoms with van der Waals surface area (Å²) in [4.78, 5) is 0. The van der Waals surface area contributed by atoms with Gasteiger partial charge in [-0.3, -0.25) is 0 Å². The van der Waals surface area contributed by atoms with Gasteiger partial charge in [0.2, 0.25) is 0 Å². The van der Waals surface area contributed by atoms with E-state index in [1.165, 1.54) is 0 Å². The van der Waals surface area contributed by atoms with Crippen molar-refractivity contribution in [2.75, 3.05) is 0 Å². The van der Waals surface area contributed by atoms with Crippen LogP contribution in [0.5, 0.6) is 0 Å². The maximum absolute atomic E-state index is 4.73. The van der Waals surface area contributed by atoms with Gasteiger partial charge in [0.05, 0.1) is 0 Å². The van der Waals surface area contributed by atoms with E-state index in [9.17, 15) is 0 Å². The van der Waals surface area contributed by atoms with Crippen molar-refractivity contribution >= 4 is 0 Å². The summed E-state index contributed by atoms with van der Waals surface area (Å²) in [6.07, 6.45) is 3.51. The quantitative estimate of drug-likeness (QED) is 0.328. The summed E-state index contributed by atoms with van der Waals surface area (Å²) in [5.41, 5.74) is 0.0440. The van der Waals surface area contributed by atoms with Crippen LogP contribution in [-0.4, -0.2) is 41.4 Å². The van der Waals surface area contributed by atoms with Crippen LogP contribution in [0.2, 0.25) is 0 Å². The Morgan fingerprint density at radius 3 is 1.07 bits per heavy atom. The maximum atomic E-state index is 4.73. The first kappa shape index (κ1) is 33.0. The third-order valence-electron chi connectivity index (χ3n) is 3.65. The fourth-order valence-electron chi connectivity index (χ4n) is 2.97. The molecule has 175 valence electrons. The second-order valence-electron chi connectivity index (χ2n) is 10.1. The molecule has 0 aromatic rings. The van der Waals surface area contributed by atoms with Crippen molar-refractivity contribution in [3.8, 4) is 0 Å². The average Bonchev–Trinajstić information content (AvgIpc) is 2.41. The molecule has 28 heavy (non-hydrogen) atoms. The predicted molar refractivity (Wildman–Crippen MR) is 125 cm³/mol. The van der Waals surface area contributed by atoms with Gasteiger partial charge in [0.15, 0.2) is 0 Å². The Bertz CT molecular complexity index is 313. The standard InChI is InChI=1S/C13H28N2.C10H22N2.Co/c1-7-12(14-10(3)4)9-13(8-2)15-11(5)6;1-8(11-9(2,3)4)12-10(5,6)7;/h10-13H,7-9H2,1-6H3;8H,1-7H3;/q2*-2;. The van der Waals surface area contributed by atoms with Gasteiger partial charge < -0.3 is 21.3 Å². The monoisotopic (exact) mass is 441 g/mol. The van der Waals surface area contributed by atoms with Gasteiger partial charge >= 0.3 is 0 Å². The Kier molecular flexibility index (Phi) is 19.0. The molecule has 0 spiro atoms. The van der Waals surface area contributed by atoms with Crippen LogP contribution in [0.25, 0.3) is 21.3 Å². The van der Waals surface area contributed by atoms with Crippen LogP contribution in [0, 0.1) is 0 Å². The fourth-order valence-corrected chi connectivity index (χ4v) is 2.97. The zero-order chi connectivity index (χ0) is 21.8. The molecule has 0 aliphatic heterocycles. The molecule has 4 nitrogen and oxygen atoms in total. The molecular weight excluding hydrogens is 391 g/mol. The Balaban J connectivity index is -0.000000441. The minimum absolute atomic E-state index is 0. The number of rotatable bonds is 10. The van der Waals surface area contributed by atoms with Crippen LogP contribution in [-0.2, 0) is 16.8 Å². The number of nitrogens with zero attached hydrogens (tertiary/aromatic N) is 4. The summed E-state index contributed by atoms with van der Waals surface area (Å²) in [5, 5.41) is 18.5. The Morgan fingerprint density at radius 1 is 0.607 bits per heavy atom. The summed E-state index contributed by atoms with van der Waals surface area (Å²) >= 11 is 0. The van der Waals surface area contributed by atoms with Crippen molar-refractivity contribution in [2.24, 2.45) is 0 Å². The van der Waals surface area contributed by atoms with E-state index in [2.05, 4.69) is 93.7 Å². The summed E-state index contributed by atoms with van der Waals surface area (Å²) in [7, 11) is 0. The summed E-state index contributed by atoms with van der Waals surface area (Å²) in [6, 6.07) is 1.90. The average molecular weight is 442 g/mol. The first-order valence-corrected chi connectivity index (χ1v) is 10.9. The van der Waals surface area contributed by atoms with Crippen molar-refractivity contribution in [1.29, 1.82) is 0 Å². The van der Waals surface area contributed by atoms with E-state index in [1.54, 1.807) is 0 Å². The van der Waals surface area contributed by atoms with Crippen molar-refractivity contribution in [2.45, 2.75) is 151 Å². The largest absolute Gasteiger partial charge is 0.673 e. The first-order chi connectivity index (χ1) is 12.1. The topological polar surface area (TPSA) is 56.4 Å². The van der Waals surface area contributed by atoms with Gasteiger partial charge in [-0.15, -0.1) is 42.2 Å². The van der Waals surface area contributed by atoms with Crippen LogP contribution in [0.4, 0.5) is 0 Å². The Labute approximate surface area is 188 Å². The second-order valence-corrected chi connectivity index (χ2v) is 10.1. The molecule has 0 saturated carbocycles. The molecule has 0 amide bonds. The molecule has 5 heteroatoms. The van der Waals surface area contributed by atoms with E-state index in [0.717, 1.165) is 19.3 Å². The molecule has 0 aromatic heterocycles. The molecule has 0 fully saturated rings. The molecule has 0 aliphatic rings. The van der Waals surface area contributed by atoms with E-state index in [0.29, 0.717) is 24.2 Å². The van der Waals surface area contributed by atoms with Gasteiger partial charge in [0.1, 0.15) is 0 Å². The maximum Gasteiger partial charge on any atom is 0 e. The van der Waals surface area contributed by atoms with Crippen molar-refractivity contribution in [3.05, 3.63) is 21.3 Å². The van der Waals surface area contributed by atoms with Crippen molar-refractivity contribution in [1.82, 2.24) is 0 Å². The fraction of sp³-hybridized carbons (Fsp3) is 1.00. The molecule has 0 rings (SSSR count). The molecule has 2 atom stereocenters. The van der Waals surface area contributed by atoms with Crippen molar-refractivity contribution < 1.29 is 16.8 Å². The van der Waals surface area contributed by atoms with E-state index in [1.807, 2.05) is 6.92 Å². The SMILES string of the molecule is CC([N-]C(C)(C)C)[N-]C(C)(C)C.CCC(CC(CC)[N-]C(C)C)[N-]C(C)C.[Co]. The minimum Gasteiger partial charge on any atom is -0.673 e. The zero-order valence-corrected chi connectivity index (χ0v) is 22.2. The molecular formula is C23H50CoN4-4. The van der Waals surface area contributed by atoms with Crippen LogP contribution >= 0.6 is 0 Å². The molecule has 2 unspecified atom stereocenters. The molecule has 0 bridgehead atoms. The van der Waals surface area contributed by atoms with Gasteiger partial charge in [-0.05, 0) is 0 Å². The summed E-state index contributed by atoms with van der Waals surface area (Å²) < 4.78 is 0. The van der Waals surface area contributed by atoms with Crippen LogP contribution < -0.4 is 0 Å². The van der Waals surface area contributed by atoms with Gasteiger partial charge in [0, 0.05) is 16.8 Å². The molecule has 0 aliphatic carbocycles. The van der Waals surface area contributed by atoms with E-state index in [-0.39, 0.29) is 34.0 Å². The van der Waals surface area contributed by atoms with E-state index < -0.39 is 0 Å². The van der Waals surface area contributed by atoms with E-state index >= 15 is 0 Å². The molecule has 1 radical (unpaired) electrons. The Hall–Kier alpha value is 0.346. The molecule has 0 saturated heterocycles. The van der Waals surface area contributed by atoms with E-state index in [4.69, 9.17) is 10.6 Å². The summed E-state index contributed by atoms with van der Waals surface area (Å²) in [6.45, 7) is 27.7. The summed E-state index contributed by atoms with van der Waals surface area (Å²) in [5.74, 6) is 0. The molecule has 0 aromatic carbocycles. The third-order valence-corrected chi connectivity index (χ3v) is 3.65. The normalized spacial score (nSPS) is 14.6. The van der Waals surface area contributed by atoms with Crippen LogP contribution in [0.3, 0.4) is 0 Å².